The first-order valence-electron chi connectivity index (χ1n) is 14.6. The highest BCUT2D eigenvalue weighted by atomic mass is 35.5. The fourth-order valence-corrected chi connectivity index (χ4v) is 5.65. The number of anilines is 1. The Bertz CT molecular complexity index is 2170. The van der Waals surface area contributed by atoms with E-state index in [1.165, 1.54) is 31.4 Å². The number of ether oxygens (including phenoxy) is 2. The molecule has 0 heterocycles. The van der Waals surface area contributed by atoms with Gasteiger partial charge in [0, 0.05) is 10.7 Å². The normalized spacial score (nSPS) is 13.6. The zero-order valence-electron chi connectivity index (χ0n) is 27.3. The third kappa shape index (κ3) is 10.8. The van der Waals surface area contributed by atoms with Crippen LogP contribution in [-0.2, 0) is 13.9 Å². The zero-order valence-corrected chi connectivity index (χ0v) is 29.9. The Hall–Kier alpha value is -4.45. The van der Waals surface area contributed by atoms with E-state index in [0.717, 1.165) is 10.9 Å². The lowest BCUT2D eigenvalue weighted by molar-refractivity contribution is -0.212. The molecule has 0 aliphatic rings. The summed E-state index contributed by atoms with van der Waals surface area (Å²) in [5.41, 5.74) is 0.335. The Labute approximate surface area is 292 Å². The highest BCUT2D eigenvalue weighted by Crippen LogP contribution is 2.39. The maximum absolute atomic E-state index is 12.8. The molecular formula is C34H32ClNO12P2-2. The van der Waals surface area contributed by atoms with Gasteiger partial charge in [-0.15, -0.1) is 0 Å². The number of hydrogen-bond donors (Lipinski definition) is 3. The number of halogens is 1. The molecule has 1 amide bonds. The van der Waals surface area contributed by atoms with Gasteiger partial charge < -0.3 is 43.4 Å². The number of esters is 1. The third-order valence-electron chi connectivity index (χ3n) is 6.72. The van der Waals surface area contributed by atoms with Crippen molar-refractivity contribution in [2.45, 2.75) is 33.3 Å². The first-order chi connectivity index (χ1) is 23.2. The van der Waals surface area contributed by atoms with Crippen LogP contribution in [0.3, 0.4) is 0 Å². The van der Waals surface area contributed by atoms with Gasteiger partial charge in [-0.1, -0.05) is 41.9 Å². The second-order valence-corrected chi connectivity index (χ2v) is 14.5. The molecule has 5 rings (SSSR count). The summed E-state index contributed by atoms with van der Waals surface area (Å²) in [4.78, 5) is 65.3. The Morgan fingerprint density at radius 3 is 1.84 bits per heavy atom. The molecule has 0 fully saturated rings. The van der Waals surface area contributed by atoms with Gasteiger partial charge in [-0.2, -0.15) is 0 Å². The van der Waals surface area contributed by atoms with Crippen LogP contribution in [0, 0.1) is 6.92 Å². The Kier molecular flexibility index (Phi) is 11.7. The number of carbonyl (C=O) groups excluding carboxylic acids is 2. The van der Waals surface area contributed by atoms with Crippen LogP contribution >= 0.6 is 27.2 Å². The summed E-state index contributed by atoms with van der Waals surface area (Å²) >= 11 is 5.92. The number of amides is 1. The molecule has 0 radical (unpaired) electrons. The third-order valence-corrected chi connectivity index (χ3v) is 7.81. The highest BCUT2D eigenvalue weighted by molar-refractivity contribution is 7.45. The number of rotatable bonds is 8. The number of fused-ring (bicyclic) bond motifs is 2. The quantitative estimate of drug-likeness (QED) is 0.115. The van der Waals surface area contributed by atoms with Crippen LogP contribution in [0.1, 0.15) is 47.1 Å². The van der Waals surface area contributed by atoms with Gasteiger partial charge in [-0.25, -0.2) is 4.79 Å². The van der Waals surface area contributed by atoms with Gasteiger partial charge in [0.2, 0.25) is 0 Å². The summed E-state index contributed by atoms with van der Waals surface area (Å²) < 4.78 is 41.9. The van der Waals surface area contributed by atoms with Gasteiger partial charge in [-0.05, 0) is 109 Å². The lowest BCUT2D eigenvalue weighted by atomic mass is 10.0. The maximum Gasteiger partial charge on any atom is 0.342 e. The van der Waals surface area contributed by atoms with E-state index >= 15 is 0 Å². The number of benzene rings is 5. The van der Waals surface area contributed by atoms with Gasteiger partial charge in [0.05, 0.1) is 12.7 Å². The summed E-state index contributed by atoms with van der Waals surface area (Å²) in [6, 6.07) is 22.7. The lowest BCUT2D eigenvalue weighted by Gasteiger charge is -2.22. The molecule has 0 aliphatic carbocycles. The maximum atomic E-state index is 12.8. The second kappa shape index (κ2) is 15.2. The number of hydrogen-bond acceptors (Lipinski definition) is 10. The Balaban J connectivity index is 0.000000232. The fraction of sp³-hybridized carbons (Fsp3) is 0.176. The van der Waals surface area contributed by atoms with E-state index < -0.39 is 33.1 Å². The van der Waals surface area contributed by atoms with Crippen LogP contribution in [0.25, 0.3) is 21.5 Å². The van der Waals surface area contributed by atoms with Crippen molar-refractivity contribution in [2.75, 3.05) is 12.4 Å². The molecule has 0 aromatic heterocycles. The number of methoxy groups -OCH3 is 1. The van der Waals surface area contributed by atoms with E-state index in [1.807, 2.05) is 0 Å². The van der Waals surface area contributed by atoms with Crippen LogP contribution in [0.4, 0.5) is 5.69 Å². The number of nitrogens with one attached hydrogen (secondary N) is 1. The minimum Gasteiger partial charge on any atom is -0.746 e. The average Bonchev–Trinajstić information content (AvgIpc) is 2.99. The number of phosphoric ester groups is 2. The van der Waals surface area contributed by atoms with Crippen LogP contribution in [0.15, 0.2) is 84.9 Å². The van der Waals surface area contributed by atoms with Crippen molar-refractivity contribution in [3.05, 3.63) is 107 Å². The Morgan fingerprint density at radius 2 is 1.30 bits per heavy atom. The van der Waals surface area contributed by atoms with Crippen LogP contribution in [0.2, 0.25) is 5.02 Å². The molecule has 50 heavy (non-hydrogen) atoms. The molecule has 0 bridgehead atoms. The van der Waals surface area contributed by atoms with Crippen molar-refractivity contribution in [1.29, 1.82) is 0 Å². The van der Waals surface area contributed by atoms with Crippen LogP contribution in [0.5, 0.6) is 17.2 Å². The first-order valence-corrected chi connectivity index (χ1v) is 18.0. The predicted octanol–water partition coefficient (Wildman–Crippen LogP) is 6.54. The molecule has 5 aromatic carbocycles. The molecule has 5 aromatic rings. The number of carbonyl (C=O) groups is 2. The second-order valence-electron chi connectivity index (χ2n) is 11.8. The lowest BCUT2D eigenvalue weighted by Crippen LogP contribution is -2.24. The van der Waals surface area contributed by atoms with Gasteiger partial charge in [0.15, 0.2) is 0 Å². The molecule has 0 saturated carbocycles. The molecular weight excluding hydrogens is 712 g/mol. The summed E-state index contributed by atoms with van der Waals surface area (Å²) in [6.07, 6.45) is 0. The van der Waals surface area contributed by atoms with Gasteiger partial charge in [0.1, 0.15) is 28.4 Å². The van der Waals surface area contributed by atoms with Crippen molar-refractivity contribution in [1.82, 2.24) is 0 Å². The van der Waals surface area contributed by atoms with Gasteiger partial charge in [0.25, 0.3) is 5.91 Å². The topological polar surface area (TPSA) is 204 Å². The van der Waals surface area contributed by atoms with E-state index in [-0.39, 0.29) is 22.6 Å². The molecule has 0 saturated heterocycles. The summed E-state index contributed by atoms with van der Waals surface area (Å²) in [5, 5.41) is 5.82. The smallest absolute Gasteiger partial charge is 0.342 e. The molecule has 264 valence electrons. The molecule has 2 atom stereocenters. The monoisotopic (exact) mass is 743 g/mol. The molecule has 3 N–H and O–H groups in total. The molecule has 13 nitrogen and oxygen atoms in total. The average molecular weight is 744 g/mol. The molecule has 0 spiro atoms. The Morgan fingerprint density at radius 1 is 0.760 bits per heavy atom. The predicted molar refractivity (Wildman–Crippen MR) is 185 cm³/mol. The van der Waals surface area contributed by atoms with E-state index in [1.54, 1.807) is 88.4 Å². The molecule has 0 aliphatic heterocycles. The standard InChI is InChI=1S/C19H17ClNO6P.C15H17O6P/c1-11-7-14(20)4-6-17(11)21-19(22)16-9-13-8-15(26-2)5-3-12(13)10-18(16)27-28(23,24)25;1-15(2,3)20-14(16)12-8-10-6-4-5-7-11(10)9-13(12)21-22(17,18)19/h3-10H,1-2H3,(H,21,22)(H2,23,24,25);4-9H,1-3H3,(H2,17,18,19)/p-2. The van der Waals surface area contributed by atoms with Gasteiger partial charge >= 0.3 is 21.6 Å². The number of aryl methyl sites for hydroxylation is 1. The minimum atomic E-state index is -5.12. The van der Waals surface area contributed by atoms with E-state index in [2.05, 4.69) is 14.4 Å². The SMILES string of the molecule is CC(C)(C)OC(=O)c1cc2ccccc2cc1OP(=O)([O-])O.COc1ccc2cc(OP(=O)([O-])O)c(C(=O)Nc3ccc(Cl)cc3C)cc2c1. The van der Waals surface area contributed by atoms with E-state index in [9.17, 15) is 28.5 Å². The minimum absolute atomic E-state index is 0.0692. The van der Waals surface area contributed by atoms with Crippen molar-refractivity contribution in [3.63, 3.8) is 0 Å². The summed E-state index contributed by atoms with van der Waals surface area (Å²) in [5.74, 6) is -1.34. The zero-order chi connectivity index (χ0) is 37.0. The van der Waals surface area contributed by atoms with Crippen molar-refractivity contribution >= 4 is 66.4 Å². The summed E-state index contributed by atoms with van der Waals surface area (Å²) in [7, 11) is -8.65. The molecule has 2 unspecified atom stereocenters. The van der Waals surface area contributed by atoms with Crippen molar-refractivity contribution < 1.29 is 56.8 Å². The first kappa shape index (κ1) is 38.4. The molecule has 16 heteroatoms. The highest BCUT2D eigenvalue weighted by Gasteiger charge is 2.23. The van der Waals surface area contributed by atoms with E-state index in [0.29, 0.717) is 32.6 Å². The summed E-state index contributed by atoms with van der Waals surface area (Å²) in [6.45, 7) is 6.84. The van der Waals surface area contributed by atoms with Crippen LogP contribution < -0.4 is 28.9 Å². The van der Waals surface area contributed by atoms with Gasteiger partial charge in [-0.3, -0.25) is 13.9 Å². The van der Waals surface area contributed by atoms with E-state index in [4.69, 9.17) is 30.9 Å². The van der Waals surface area contributed by atoms with Crippen molar-refractivity contribution in [3.8, 4) is 17.2 Å². The van der Waals surface area contributed by atoms with Crippen LogP contribution in [-0.4, -0.2) is 34.4 Å². The fourth-order valence-electron chi connectivity index (χ4n) is 4.63. The van der Waals surface area contributed by atoms with Crippen molar-refractivity contribution in [2.24, 2.45) is 0 Å². The number of phosphoric acid groups is 2. The largest absolute Gasteiger partial charge is 0.746 e.